The SMILES string of the molecule is COc1c2c3c4c(O)c(c5c6c4c1CCC6=CC1CCCC51)C(=O)CN1Cc4c(cccc4C1=O)CC#COC1C(O)C(COC(c4c[nH]c5cc6c7c(c45)CC4(CC5CC8CCCC8(O)CC75CC6)CC56CCC(C5)C(CCO)C#CCC5CCC4(C5)C6)C=C2)OC(O3)C1(O)CO. The Balaban J connectivity index is 0.811. The number of rotatable bonds is 5. The molecule has 4 aromatic carbocycles. The number of hydrogen-bond acceptors (Lipinski definition) is 13. The Morgan fingerprint density at radius 2 is 1.76 bits per heavy atom. The molecule has 15 aliphatic rings. The van der Waals surface area contributed by atoms with Crippen molar-refractivity contribution in [3.8, 4) is 41.1 Å². The van der Waals surface area contributed by atoms with Crippen LogP contribution in [0, 0.1) is 75.6 Å². The molecular weight excluding hydrogens is 1230 g/mol. The van der Waals surface area contributed by atoms with Gasteiger partial charge in [0.2, 0.25) is 6.29 Å². The summed E-state index contributed by atoms with van der Waals surface area (Å²) in [5.41, 5.74) is 9.07. The molecule has 11 aliphatic carbocycles. The molecule has 98 heavy (non-hydrogen) atoms. The number of H-pyrrole nitrogens is 1. The number of nitrogens with zero attached hydrogens (tertiary/aromatic N) is 1. The van der Waals surface area contributed by atoms with E-state index in [2.05, 4.69) is 47.2 Å². The number of nitrogens with one attached hydrogen (secondary N) is 1. The van der Waals surface area contributed by atoms with E-state index in [9.17, 15) is 35.4 Å². The lowest BCUT2D eigenvalue weighted by Crippen LogP contribution is -2.70. The molecular formula is C83H90N2O13. The van der Waals surface area contributed by atoms with Crippen LogP contribution in [0.3, 0.4) is 0 Å². The first-order chi connectivity index (χ1) is 47.6. The number of aryl methyl sites for hydroxylation is 2. The number of aromatic hydroxyl groups is 1. The maximum Gasteiger partial charge on any atom is 0.254 e. The Hall–Kier alpha value is -6.66. The number of carbonyl (C=O) groups excluding carboxylic acids is 2. The molecule has 7 fully saturated rings. The van der Waals surface area contributed by atoms with Crippen molar-refractivity contribution in [3.05, 3.63) is 109 Å². The minimum Gasteiger partial charge on any atom is -0.506 e. The summed E-state index contributed by atoms with van der Waals surface area (Å²) in [5.74, 6) is 12.1. The second kappa shape index (κ2) is 21.7. The largest absolute Gasteiger partial charge is 0.506 e. The highest BCUT2D eigenvalue weighted by atomic mass is 16.7. The molecule has 510 valence electrons. The molecule has 18 atom stereocenters. The molecule has 15 heteroatoms. The van der Waals surface area contributed by atoms with Crippen molar-refractivity contribution in [2.24, 2.45) is 51.8 Å². The van der Waals surface area contributed by atoms with Gasteiger partial charge in [-0.05, 0) is 249 Å². The lowest BCUT2D eigenvalue weighted by Gasteiger charge is -2.54. The van der Waals surface area contributed by atoms with Crippen LogP contribution in [0.1, 0.15) is 223 Å². The van der Waals surface area contributed by atoms with E-state index in [0.717, 1.165) is 146 Å². The van der Waals surface area contributed by atoms with Gasteiger partial charge in [0.05, 0.1) is 49.0 Å². The van der Waals surface area contributed by atoms with Crippen LogP contribution in [0.2, 0.25) is 0 Å². The van der Waals surface area contributed by atoms with Gasteiger partial charge in [-0.3, -0.25) is 9.59 Å². The van der Waals surface area contributed by atoms with Gasteiger partial charge in [0.1, 0.15) is 41.7 Å². The Morgan fingerprint density at radius 3 is 2.63 bits per heavy atom. The minimum absolute atomic E-state index is 0.0279. The minimum atomic E-state index is -2.50. The number of ether oxygens (including phenoxy) is 5. The number of fused-ring (bicyclic) bond motifs is 12. The van der Waals surface area contributed by atoms with E-state index in [0.29, 0.717) is 52.9 Å². The van der Waals surface area contributed by atoms with E-state index in [1.54, 1.807) is 24.1 Å². The van der Waals surface area contributed by atoms with Crippen molar-refractivity contribution in [1.29, 1.82) is 0 Å². The van der Waals surface area contributed by atoms with Crippen LogP contribution in [0.15, 0.2) is 42.6 Å². The number of Topliss-reactive ketones (excluding diaryl/α,β-unsaturated/α-hetero) is 1. The van der Waals surface area contributed by atoms with Crippen molar-refractivity contribution in [3.63, 3.8) is 0 Å². The van der Waals surface area contributed by atoms with Crippen LogP contribution in [-0.4, -0.2) is 121 Å². The van der Waals surface area contributed by atoms with Gasteiger partial charge < -0.3 is 64.2 Å². The number of aliphatic hydroxyl groups excluding tert-OH is 3. The van der Waals surface area contributed by atoms with Gasteiger partial charge in [-0.15, -0.1) is 5.92 Å². The second-order valence-electron chi connectivity index (χ2n) is 33.9. The average molecular weight is 1320 g/mol. The molecule has 5 heterocycles. The summed E-state index contributed by atoms with van der Waals surface area (Å²) in [7, 11) is 1.64. The van der Waals surface area contributed by atoms with Crippen LogP contribution in [0.5, 0.6) is 17.2 Å². The highest BCUT2D eigenvalue weighted by molar-refractivity contribution is 6.17. The summed E-state index contributed by atoms with van der Waals surface area (Å²) in [5, 5.41) is 77.2. The molecule has 4 spiro atoms. The van der Waals surface area contributed by atoms with Crippen molar-refractivity contribution in [2.45, 2.75) is 220 Å². The molecule has 12 bridgehead atoms. The zero-order valence-electron chi connectivity index (χ0n) is 56.2. The quantitative estimate of drug-likeness (QED) is 0.0815. The van der Waals surface area contributed by atoms with E-state index >= 15 is 4.79 Å². The number of aromatic amines is 1. The third-order valence-electron chi connectivity index (χ3n) is 29.4. The van der Waals surface area contributed by atoms with Gasteiger partial charge >= 0.3 is 0 Å². The number of hydrogen-bond donors (Lipinski definition) is 7. The summed E-state index contributed by atoms with van der Waals surface area (Å²) >= 11 is 0. The number of allylic oxidation sites excluding steroid dienone is 2. The molecule has 1 aromatic heterocycles. The fraction of sp³-hybridized carbons (Fsp3) is 0.590. The van der Waals surface area contributed by atoms with Crippen molar-refractivity contribution in [2.75, 3.05) is 33.5 Å². The van der Waals surface area contributed by atoms with Crippen LogP contribution >= 0.6 is 0 Å². The van der Waals surface area contributed by atoms with Crippen molar-refractivity contribution >= 4 is 45.0 Å². The monoisotopic (exact) mass is 1320 g/mol. The summed E-state index contributed by atoms with van der Waals surface area (Å²) < 4.78 is 34.7. The predicted octanol–water partition coefficient (Wildman–Crippen LogP) is 11.8. The Morgan fingerprint density at radius 1 is 0.857 bits per heavy atom. The second-order valence-corrected chi connectivity index (χ2v) is 33.9. The number of amides is 1. The highest BCUT2D eigenvalue weighted by Gasteiger charge is 2.70. The van der Waals surface area contributed by atoms with E-state index in [1.807, 2.05) is 18.2 Å². The normalized spacial score (nSPS) is 39.4. The lowest BCUT2D eigenvalue weighted by atomic mass is 9.52. The number of methoxy groups -OCH3 is 1. The van der Waals surface area contributed by atoms with Crippen LogP contribution in [0.25, 0.3) is 33.3 Å². The zero-order chi connectivity index (χ0) is 66.1. The van der Waals surface area contributed by atoms with Crippen molar-refractivity contribution < 1.29 is 63.9 Å². The van der Waals surface area contributed by atoms with Gasteiger partial charge in [-0.25, -0.2) is 0 Å². The lowest BCUT2D eigenvalue weighted by molar-refractivity contribution is -0.328. The number of aliphatic hydroxyl groups is 5. The molecule has 5 aromatic rings. The summed E-state index contributed by atoms with van der Waals surface area (Å²) in [4.78, 5) is 35.8. The molecule has 0 radical (unpaired) electrons. The Kier molecular flexibility index (Phi) is 13.5. The third kappa shape index (κ3) is 8.39. The topological polar surface area (TPSA) is 221 Å². The molecule has 1 saturated heterocycles. The fourth-order valence-electron chi connectivity index (χ4n) is 25.6. The molecule has 20 rings (SSSR count). The molecule has 1 amide bonds. The van der Waals surface area contributed by atoms with Gasteiger partial charge in [0.25, 0.3) is 5.91 Å². The number of phenols is 1. The van der Waals surface area contributed by atoms with E-state index in [-0.39, 0.29) is 106 Å². The van der Waals surface area contributed by atoms with E-state index in [4.69, 9.17) is 23.7 Å². The molecule has 7 N–H and O–H groups in total. The molecule has 18 unspecified atom stereocenters. The first-order valence-corrected chi connectivity index (χ1v) is 37.4. The fourth-order valence-corrected chi connectivity index (χ4v) is 25.6. The standard InChI is InChI=1S/C83H90N2O13/c1-94-73-55-16-15-48-29-47-10-4-13-53(47)66-64(48)67(55)69-72(90)68(66)61(88)38-85-37-59-46(9-3-14-54(59)76(85)91)11-6-28-95-75-71(89)63-39-96-62(18-17-56(73)74(69)98-77(97-63)83(75,93)43-87)58-36-84-60-30-49-21-26-81-42-82(92)23-5-12-51(82)31-52(81)34-80(35-57(65(58)60)70(49)81)41-78-24-20-50(33-78)45(22-27-86)8-2-7-44-19-25-79(80,32-44)40-78/h3,9,14,17-18,29-30,36,44-45,47,50-53,62-63,71,75,77,84,86-87,89-90,92-93H,4-5,7,10-13,15-16,19-27,31-35,37-43H2,1H3. The summed E-state index contributed by atoms with van der Waals surface area (Å²) in [6.45, 7) is -1.21. The first-order valence-electron chi connectivity index (χ1n) is 37.4. The van der Waals surface area contributed by atoms with Gasteiger partial charge in [-0.1, -0.05) is 49.0 Å². The van der Waals surface area contributed by atoms with Crippen LogP contribution < -0.4 is 9.47 Å². The summed E-state index contributed by atoms with van der Waals surface area (Å²) in [6, 6.07) is 7.87. The van der Waals surface area contributed by atoms with E-state index in [1.165, 1.54) is 61.6 Å². The summed E-state index contributed by atoms with van der Waals surface area (Å²) in [6.07, 6.45) is 28.1. The van der Waals surface area contributed by atoms with E-state index < -0.39 is 54.3 Å². The molecule has 6 saturated carbocycles. The number of aromatic nitrogens is 1. The number of carbonyl (C=O) groups is 2. The average Bonchev–Trinajstić information content (AvgIpc) is 1.33. The molecule has 15 nitrogen and oxygen atoms in total. The smallest absolute Gasteiger partial charge is 0.254 e. The number of phenolic OH excluding ortho intramolecular Hbond substituents is 1. The van der Waals surface area contributed by atoms with Gasteiger partial charge in [0, 0.05) is 76.5 Å². The third-order valence-corrected chi connectivity index (χ3v) is 29.4. The zero-order valence-corrected chi connectivity index (χ0v) is 56.2. The first kappa shape index (κ1) is 61.2. The Bertz CT molecular complexity index is 4520. The molecule has 4 aliphatic heterocycles. The van der Waals surface area contributed by atoms with Gasteiger partial charge in [-0.2, -0.15) is 0 Å². The number of benzene rings is 4. The maximum atomic E-state index is 15.9. The predicted molar refractivity (Wildman–Crippen MR) is 366 cm³/mol. The number of ketones is 1. The van der Waals surface area contributed by atoms with Gasteiger partial charge in [0.15, 0.2) is 17.5 Å². The van der Waals surface area contributed by atoms with Crippen LogP contribution in [-0.2, 0) is 51.9 Å². The van der Waals surface area contributed by atoms with Crippen molar-refractivity contribution in [1.82, 2.24) is 9.88 Å². The maximum absolute atomic E-state index is 15.9. The Labute approximate surface area is 572 Å². The highest BCUT2D eigenvalue weighted by Crippen LogP contribution is 2.78. The van der Waals surface area contributed by atoms with Crippen LogP contribution in [0.4, 0.5) is 0 Å².